The van der Waals surface area contributed by atoms with Crippen molar-refractivity contribution in [2.24, 2.45) is 0 Å². The van der Waals surface area contributed by atoms with Crippen LogP contribution in [-0.2, 0) is 10.0 Å². The van der Waals surface area contributed by atoms with E-state index in [-0.39, 0.29) is 23.7 Å². The summed E-state index contributed by atoms with van der Waals surface area (Å²) in [5, 5.41) is 2.69. The van der Waals surface area contributed by atoms with Gasteiger partial charge in [-0.3, -0.25) is 4.72 Å². The summed E-state index contributed by atoms with van der Waals surface area (Å²) in [6, 6.07) is 5.62. The third kappa shape index (κ3) is 4.84. The highest BCUT2D eigenvalue weighted by Gasteiger charge is 2.14. The molecule has 1 aromatic rings. The molecule has 2 N–H and O–H groups in total. The average Bonchev–Trinajstić information content (AvgIpc) is 2.28. The average molecular weight is 280 g/mol. The van der Waals surface area contributed by atoms with Crippen molar-refractivity contribution < 1.29 is 21.9 Å². The maximum atomic E-state index is 12.1. The molecule has 5 nitrogen and oxygen atoms in total. The standard InChI is InChI=1S/C10H14F2N2O3S/c1-13-6-7-18(15,16)14-8-4-2-3-5-9(8)17-10(11)12/h2-5,10,13-14H,6-7H2,1H3. The minimum Gasteiger partial charge on any atom is -0.433 e. The summed E-state index contributed by atoms with van der Waals surface area (Å²) in [5.41, 5.74) is -0.00565. The van der Waals surface area contributed by atoms with Gasteiger partial charge in [-0.2, -0.15) is 8.78 Å². The number of sulfonamides is 1. The van der Waals surface area contributed by atoms with E-state index in [1.165, 1.54) is 24.3 Å². The number of halogens is 2. The Balaban J connectivity index is 2.83. The molecule has 0 aliphatic carbocycles. The Bertz CT molecular complexity index is 480. The molecule has 0 heterocycles. The molecule has 0 radical (unpaired) electrons. The van der Waals surface area contributed by atoms with E-state index in [0.29, 0.717) is 0 Å². The zero-order valence-corrected chi connectivity index (χ0v) is 10.5. The van der Waals surface area contributed by atoms with Crippen molar-refractivity contribution in [1.82, 2.24) is 5.32 Å². The molecule has 0 spiro atoms. The van der Waals surface area contributed by atoms with Gasteiger partial charge in [-0.1, -0.05) is 12.1 Å². The van der Waals surface area contributed by atoms with E-state index in [1.54, 1.807) is 7.05 Å². The maximum absolute atomic E-state index is 12.1. The van der Waals surface area contributed by atoms with E-state index in [9.17, 15) is 17.2 Å². The van der Waals surface area contributed by atoms with Gasteiger partial charge in [0.15, 0.2) is 0 Å². The summed E-state index contributed by atoms with van der Waals surface area (Å²) in [5.74, 6) is -0.368. The van der Waals surface area contributed by atoms with Crippen molar-refractivity contribution in [3.05, 3.63) is 24.3 Å². The Morgan fingerprint density at radius 3 is 2.61 bits per heavy atom. The monoisotopic (exact) mass is 280 g/mol. The second kappa shape index (κ2) is 6.50. The summed E-state index contributed by atoms with van der Waals surface area (Å²) in [6.07, 6.45) is 0. The molecule has 8 heteroatoms. The first-order valence-corrected chi connectivity index (χ1v) is 6.79. The summed E-state index contributed by atoms with van der Waals surface area (Å²) in [4.78, 5) is 0. The molecule has 0 aliphatic heterocycles. The number of nitrogens with one attached hydrogen (secondary N) is 2. The number of alkyl halides is 2. The molecule has 0 atom stereocenters. The maximum Gasteiger partial charge on any atom is 0.387 e. The fraction of sp³-hybridized carbons (Fsp3) is 0.400. The number of anilines is 1. The number of hydrogen-bond acceptors (Lipinski definition) is 4. The number of hydrogen-bond donors (Lipinski definition) is 2. The molecule has 1 rings (SSSR count). The van der Waals surface area contributed by atoms with Gasteiger partial charge in [0.1, 0.15) is 5.75 Å². The minimum absolute atomic E-state index is 0.00565. The Morgan fingerprint density at radius 2 is 2.00 bits per heavy atom. The molecule has 0 fully saturated rings. The quantitative estimate of drug-likeness (QED) is 0.789. The Labute approximate surface area is 104 Å². The summed E-state index contributed by atoms with van der Waals surface area (Å²) in [7, 11) is -1.98. The predicted molar refractivity (Wildman–Crippen MR) is 64.4 cm³/mol. The number of rotatable bonds is 7. The van der Waals surface area contributed by atoms with Gasteiger partial charge in [0.25, 0.3) is 0 Å². The molecule has 0 aliphatic rings. The smallest absolute Gasteiger partial charge is 0.387 e. The van der Waals surface area contributed by atoms with Crippen LogP contribution in [0.3, 0.4) is 0 Å². The lowest BCUT2D eigenvalue weighted by molar-refractivity contribution is -0.0493. The molecule has 1 aromatic carbocycles. The van der Waals surface area contributed by atoms with Crippen molar-refractivity contribution in [2.75, 3.05) is 24.1 Å². The summed E-state index contributed by atoms with van der Waals surface area (Å²) < 4.78 is 53.9. The fourth-order valence-corrected chi connectivity index (χ4v) is 2.28. The van der Waals surface area contributed by atoms with Gasteiger partial charge in [0.05, 0.1) is 11.4 Å². The second-order valence-corrected chi connectivity index (χ2v) is 5.24. The van der Waals surface area contributed by atoms with E-state index >= 15 is 0 Å². The van der Waals surface area contributed by atoms with E-state index < -0.39 is 16.6 Å². The molecule has 18 heavy (non-hydrogen) atoms. The van der Waals surface area contributed by atoms with Crippen molar-refractivity contribution in [3.8, 4) is 5.75 Å². The normalized spacial score (nSPS) is 11.6. The van der Waals surface area contributed by atoms with E-state index in [4.69, 9.17) is 0 Å². The van der Waals surface area contributed by atoms with Crippen molar-refractivity contribution in [1.29, 1.82) is 0 Å². The lowest BCUT2D eigenvalue weighted by atomic mass is 10.3. The van der Waals surface area contributed by atoms with E-state index in [0.717, 1.165) is 0 Å². The molecule has 0 amide bonds. The molecule has 102 valence electrons. The van der Waals surface area contributed by atoms with Crippen LogP contribution in [0, 0.1) is 0 Å². The Kier molecular flexibility index (Phi) is 5.29. The van der Waals surface area contributed by atoms with Gasteiger partial charge in [0.2, 0.25) is 10.0 Å². The van der Waals surface area contributed by atoms with Crippen molar-refractivity contribution in [3.63, 3.8) is 0 Å². The first-order valence-electron chi connectivity index (χ1n) is 5.13. The van der Waals surface area contributed by atoms with Gasteiger partial charge in [-0.15, -0.1) is 0 Å². The SMILES string of the molecule is CNCCS(=O)(=O)Nc1ccccc1OC(F)F. The number of ether oxygens (including phenoxy) is 1. The number of benzene rings is 1. The second-order valence-electron chi connectivity index (χ2n) is 3.40. The van der Waals surface area contributed by atoms with Crippen LogP contribution in [0.4, 0.5) is 14.5 Å². The highest BCUT2D eigenvalue weighted by Crippen LogP contribution is 2.26. The van der Waals surface area contributed by atoms with Crippen molar-refractivity contribution >= 4 is 15.7 Å². The zero-order chi connectivity index (χ0) is 13.6. The summed E-state index contributed by atoms with van der Waals surface area (Å²) >= 11 is 0. The number of para-hydroxylation sites is 2. The van der Waals surface area contributed by atoms with Crippen LogP contribution in [0.15, 0.2) is 24.3 Å². The predicted octanol–water partition coefficient (Wildman–Crippen LogP) is 1.25. The highest BCUT2D eigenvalue weighted by atomic mass is 32.2. The Hall–Kier alpha value is -1.41. The van der Waals surface area contributed by atoms with Crippen molar-refractivity contribution in [2.45, 2.75) is 6.61 Å². The van der Waals surface area contributed by atoms with Crippen LogP contribution >= 0.6 is 0 Å². The van der Waals surface area contributed by atoms with Crippen LogP contribution in [0.25, 0.3) is 0 Å². The zero-order valence-electron chi connectivity index (χ0n) is 9.69. The third-order valence-electron chi connectivity index (χ3n) is 1.99. The van der Waals surface area contributed by atoms with Crippen LogP contribution in [-0.4, -0.2) is 34.4 Å². The van der Waals surface area contributed by atoms with E-state index in [2.05, 4.69) is 14.8 Å². The van der Waals surface area contributed by atoms with Crippen LogP contribution in [0.2, 0.25) is 0 Å². The highest BCUT2D eigenvalue weighted by molar-refractivity contribution is 7.92. The molecule has 0 saturated heterocycles. The van der Waals surface area contributed by atoms with E-state index in [1.807, 2.05) is 0 Å². The van der Waals surface area contributed by atoms with Gasteiger partial charge < -0.3 is 10.1 Å². The molecular weight excluding hydrogens is 266 g/mol. The van der Waals surface area contributed by atoms with Crippen LogP contribution in [0.5, 0.6) is 5.75 Å². The van der Waals surface area contributed by atoms with Gasteiger partial charge >= 0.3 is 6.61 Å². The molecule has 0 unspecified atom stereocenters. The molecule has 0 saturated carbocycles. The largest absolute Gasteiger partial charge is 0.433 e. The topological polar surface area (TPSA) is 67.4 Å². The van der Waals surface area contributed by atoms with Crippen LogP contribution in [0.1, 0.15) is 0 Å². The summed E-state index contributed by atoms with van der Waals surface area (Å²) in [6.45, 7) is -2.75. The first kappa shape index (κ1) is 14.7. The lowest BCUT2D eigenvalue weighted by Crippen LogP contribution is -2.24. The third-order valence-corrected chi connectivity index (χ3v) is 3.26. The Morgan fingerprint density at radius 1 is 1.33 bits per heavy atom. The first-order chi connectivity index (χ1) is 8.44. The van der Waals surface area contributed by atoms with Gasteiger partial charge in [-0.25, -0.2) is 8.42 Å². The molecule has 0 bridgehead atoms. The van der Waals surface area contributed by atoms with Gasteiger partial charge in [-0.05, 0) is 19.2 Å². The fourth-order valence-electron chi connectivity index (χ4n) is 1.20. The van der Waals surface area contributed by atoms with Gasteiger partial charge in [0, 0.05) is 6.54 Å². The molecular formula is C10H14F2N2O3S. The van der Waals surface area contributed by atoms with Crippen LogP contribution < -0.4 is 14.8 Å². The lowest BCUT2D eigenvalue weighted by Gasteiger charge is -2.12. The molecule has 0 aromatic heterocycles. The minimum atomic E-state index is -3.59.